The van der Waals surface area contributed by atoms with Crippen LogP contribution < -0.4 is 10.2 Å². The molecule has 1 fully saturated rings. The van der Waals surface area contributed by atoms with Crippen LogP contribution in [0.5, 0.6) is 0 Å². The number of piperazine rings is 1. The van der Waals surface area contributed by atoms with Gasteiger partial charge in [-0.2, -0.15) is 5.10 Å². The summed E-state index contributed by atoms with van der Waals surface area (Å²) < 4.78 is 1.78. The van der Waals surface area contributed by atoms with Crippen molar-refractivity contribution in [2.24, 2.45) is 7.05 Å². The lowest BCUT2D eigenvalue weighted by molar-refractivity contribution is -0.120. The average molecular weight is 383 g/mol. The predicted octanol–water partition coefficient (Wildman–Crippen LogP) is 2.39. The van der Waals surface area contributed by atoms with E-state index in [-0.39, 0.29) is 17.7 Å². The molecule has 2 heterocycles. The fraction of sp³-hybridized carbons (Fsp3) is 0.476. The zero-order valence-electron chi connectivity index (χ0n) is 17.3. The van der Waals surface area contributed by atoms with Crippen LogP contribution in [0, 0.1) is 13.8 Å². The summed E-state index contributed by atoms with van der Waals surface area (Å²) in [6.07, 6.45) is 0. The SMILES string of the molecule is CC(=O)c1ccc(N2CCN([C@H](C)C(=O)Nc3c(C)nn(C)c3C)CC2)cc1. The van der Waals surface area contributed by atoms with Gasteiger partial charge in [-0.05, 0) is 52.0 Å². The van der Waals surface area contributed by atoms with Crippen LogP contribution in [0.15, 0.2) is 24.3 Å². The molecular weight excluding hydrogens is 354 g/mol. The lowest BCUT2D eigenvalue weighted by atomic mass is 10.1. The zero-order valence-corrected chi connectivity index (χ0v) is 17.3. The summed E-state index contributed by atoms with van der Waals surface area (Å²) in [5, 5.41) is 7.40. The number of carbonyl (C=O) groups is 2. The third kappa shape index (κ3) is 4.09. The highest BCUT2D eigenvalue weighted by atomic mass is 16.2. The van der Waals surface area contributed by atoms with Crippen LogP contribution in [0.4, 0.5) is 11.4 Å². The van der Waals surface area contributed by atoms with Gasteiger partial charge >= 0.3 is 0 Å². The minimum atomic E-state index is -0.207. The fourth-order valence-corrected chi connectivity index (χ4v) is 3.62. The minimum Gasteiger partial charge on any atom is -0.369 e. The Kier molecular flexibility index (Phi) is 5.84. The topological polar surface area (TPSA) is 70.5 Å². The summed E-state index contributed by atoms with van der Waals surface area (Å²) in [7, 11) is 1.88. The third-order valence-electron chi connectivity index (χ3n) is 5.64. The van der Waals surface area contributed by atoms with E-state index in [1.165, 1.54) is 0 Å². The molecule has 1 aliphatic rings. The number of aryl methyl sites for hydroxylation is 2. The lowest BCUT2D eigenvalue weighted by Gasteiger charge is -2.38. The molecule has 2 aromatic rings. The molecule has 7 heteroatoms. The summed E-state index contributed by atoms with van der Waals surface area (Å²) in [6.45, 7) is 10.7. The van der Waals surface area contributed by atoms with Gasteiger partial charge in [-0.15, -0.1) is 0 Å². The molecule has 28 heavy (non-hydrogen) atoms. The molecular formula is C21H29N5O2. The van der Waals surface area contributed by atoms with E-state index in [4.69, 9.17) is 0 Å². The highest BCUT2D eigenvalue weighted by Crippen LogP contribution is 2.21. The van der Waals surface area contributed by atoms with E-state index < -0.39 is 0 Å². The quantitative estimate of drug-likeness (QED) is 0.803. The number of Topliss-reactive ketones (excluding diaryl/α,β-unsaturated/α-hetero) is 1. The second-order valence-electron chi connectivity index (χ2n) is 7.46. The van der Waals surface area contributed by atoms with Gasteiger partial charge in [-0.3, -0.25) is 19.2 Å². The Bertz CT molecular complexity index is 864. The Morgan fingerprint density at radius 3 is 2.18 bits per heavy atom. The Morgan fingerprint density at radius 1 is 1.07 bits per heavy atom. The number of carbonyl (C=O) groups excluding carboxylic acids is 2. The summed E-state index contributed by atoms with van der Waals surface area (Å²) in [5.74, 6) is 0.0776. The number of rotatable bonds is 5. The largest absolute Gasteiger partial charge is 0.369 e. The molecule has 0 radical (unpaired) electrons. The van der Waals surface area contributed by atoms with Gasteiger partial charge in [0.15, 0.2) is 5.78 Å². The number of hydrogen-bond donors (Lipinski definition) is 1. The molecule has 1 aromatic carbocycles. The highest BCUT2D eigenvalue weighted by molar-refractivity contribution is 5.95. The van der Waals surface area contributed by atoms with Crippen LogP contribution in [-0.4, -0.2) is 58.6 Å². The van der Waals surface area contributed by atoms with Gasteiger partial charge in [0.25, 0.3) is 0 Å². The molecule has 1 N–H and O–H groups in total. The minimum absolute atomic E-state index is 0.00142. The van der Waals surface area contributed by atoms with Crippen molar-refractivity contribution in [2.75, 3.05) is 36.4 Å². The van der Waals surface area contributed by atoms with Crippen molar-refractivity contribution in [1.82, 2.24) is 14.7 Å². The van der Waals surface area contributed by atoms with Gasteiger partial charge in [0.2, 0.25) is 5.91 Å². The molecule has 1 aliphatic heterocycles. The van der Waals surface area contributed by atoms with Crippen molar-refractivity contribution in [2.45, 2.75) is 33.7 Å². The van der Waals surface area contributed by atoms with Gasteiger partial charge in [0, 0.05) is 44.5 Å². The Morgan fingerprint density at radius 2 is 1.68 bits per heavy atom. The van der Waals surface area contributed by atoms with Crippen molar-refractivity contribution in [3.8, 4) is 0 Å². The molecule has 1 amide bonds. The fourth-order valence-electron chi connectivity index (χ4n) is 3.62. The number of amides is 1. The molecule has 0 bridgehead atoms. The maximum Gasteiger partial charge on any atom is 0.241 e. The number of hydrogen-bond acceptors (Lipinski definition) is 5. The first kappa shape index (κ1) is 20.1. The summed E-state index contributed by atoms with van der Waals surface area (Å²) in [4.78, 5) is 28.7. The Labute approximate surface area is 166 Å². The second-order valence-corrected chi connectivity index (χ2v) is 7.46. The van der Waals surface area contributed by atoms with E-state index in [0.717, 1.165) is 54.5 Å². The maximum absolute atomic E-state index is 12.7. The number of nitrogens with zero attached hydrogens (tertiary/aromatic N) is 4. The number of anilines is 2. The molecule has 7 nitrogen and oxygen atoms in total. The van der Waals surface area contributed by atoms with Crippen molar-refractivity contribution < 1.29 is 9.59 Å². The molecule has 1 aromatic heterocycles. The van der Waals surface area contributed by atoms with Crippen molar-refractivity contribution in [1.29, 1.82) is 0 Å². The van der Waals surface area contributed by atoms with Crippen LogP contribution in [0.25, 0.3) is 0 Å². The molecule has 150 valence electrons. The van der Waals surface area contributed by atoms with Gasteiger partial charge in [-0.1, -0.05) is 0 Å². The first-order valence-electron chi connectivity index (χ1n) is 9.69. The van der Waals surface area contributed by atoms with Crippen molar-refractivity contribution >= 4 is 23.1 Å². The lowest BCUT2D eigenvalue weighted by Crippen LogP contribution is -2.52. The van der Waals surface area contributed by atoms with E-state index >= 15 is 0 Å². The highest BCUT2D eigenvalue weighted by Gasteiger charge is 2.26. The normalized spacial score (nSPS) is 16.1. The van der Waals surface area contributed by atoms with E-state index in [1.807, 2.05) is 52.1 Å². The zero-order chi connectivity index (χ0) is 20.4. The van der Waals surface area contributed by atoms with Crippen molar-refractivity contribution in [3.05, 3.63) is 41.2 Å². The molecule has 3 rings (SSSR count). The van der Waals surface area contributed by atoms with Crippen LogP contribution in [-0.2, 0) is 11.8 Å². The molecule has 0 spiro atoms. The summed E-state index contributed by atoms with van der Waals surface area (Å²) in [6, 6.07) is 7.53. The maximum atomic E-state index is 12.7. The molecule has 0 saturated carbocycles. The molecule has 0 aliphatic carbocycles. The number of aromatic nitrogens is 2. The Hall–Kier alpha value is -2.67. The molecule has 0 unspecified atom stereocenters. The standard InChI is InChI=1S/C21H29N5O2/c1-14-20(15(2)24(5)23-14)22-21(28)16(3)25-10-12-26(13-11-25)19-8-6-18(7-9-19)17(4)27/h6-9,16H,10-13H2,1-5H3,(H,22,28)/t16-/m1/s1. The van der Waals surface area contributed by atoms with Crippen LogP contribution in [0.3, 0.4) is 0 Å². The van der Waals surface area contributed by atoms with E-state index in [9.17, 15) is 9.59 Å². The smallest absolute Gasteiger partial charge is 0.241 e. The second kappa shape index (κ2) is 8.14. The number of nitrogens with one attached hydrogen (secondary N) is 1. The molecule has 1 saturated heterocycles. The van der Waals surface area contributed by atoms with E-state index in [1.54, 1.807) is 11.6 Å². The van der Waals surface area contributed by atoms with E-state index in [2.05, 4.69) is 20.2 Å². The summed E-state index contributed by atoms with van der Waals surface area (Å²) >= 11 is 0. The predicted molar refractivity (Wildman–Crippen MR) is 111 cm³/mol. The van der Waals surface area contributed by atoms with Crippen molar-refractivity contribution in [3.63, 3.8) is 0 Å². The monoisotopic (exact) mass is 383 g/mol. The third-order valence-corrected chi connectivity index (χ3v) is 5.64. The van der Waals surface area contributed by atoms with Crippen LogP contribution in [0.1, 0.15) is 35.6 Å². The van der Waals surface area contributed by atoms with Gasteiger partial charge < -0.3 is 10.2 Å². The van der Waals surface area contributed by atoms with Crippen LogP contribution in [0.2, 0.25) is 0 Å². The van der Waals surface area contributed by atoms with Gasteiger partial charge in [0.05, 0.1) is 23.1 Å². The number of benzene rings is 1. The summed E-state index contributed by atoms with van der Waals surface area (Å²) in [5.41, 5.74) is 4.44. The van der Waals surface area contributed by atoms with Crippen LogP contribution >= 0.6 is 0 Å². The first-order valence-corrected chi connectivity index (χ1v) is 9.69. The molecule has 1 atom stereocenters. The average Bonchev–Trinajstić information content (AvgIpc) is 2.93. The first-order chi connectivity index (χ1) is 13.3. The Balaban J connectivity index is 1.57. The van der Waals surface area contributed by atoms with Gasteiger partial charge in [-0.25, -0.2) is 0 Å². The van der Waals surface area contributed by atoms with E-state index in [0.29, 0.717) is 0 Å². The van der Waals surface area contributed by atoms with Gasteiger partial charge in [0.1, 0.15) is 0 Å². The number of ketones is 1.